The van der Waals surface area contributed by atoms with Crippen LogP contribution in [0.15, 0.2) is 0 Å². The van der Waals surface area contributed by atoms with Crippen LogP contribution in [0.3, 0.4) is 0 Å². The Kier molecular flexibility index (Phi) is 15.0. The Labute approximate surface area is 242 Å². The fraction of sp³-hybridized carbons (Fsp3) is 0.933. The summed E-state index contributed by atoms with van der Waals surface area (Å²) in [5, 5.41) is 0. The summed E-state index contributed by atoms with van der Waals surface area (Å²) in [6.07, 6.45) is 18.9. The molecule has 0 nitrogen and oxygen atoms in total. The van der Waals surface area contributed by atoms with Gasteiger partial charge in [-0.25, -0.2) is 0 Å². The molecule has 0 aliphatic heterocycles. The second-order valence-electron chi connectivity index (χ2n) is 14.1. The van der Waals surface area contributed by atoms with Crippen molar-refractivity contribution in [3.63, 3.8) is 0 Å². The molecule has 0 aromatic carbocycles. The summed E-state index contributed by atoms with van der Waals surface area (Å²) in [7, 11) is 7.43. The third kappa shape index (κ3) is 7.55. The van der Waals surface area contributed by atoms with Gasteiger partial charge in [-0.15, -0.1) is 0 Å². The molecule has 8 unspecified atom stereocenters. The summed E-state index contributed by atoms with van der Waals surface area (Å²) in [4.78, 5) is 0. The van der Waals surface area contributed by atoms with E-state index < -0.39 is 36.0 Å². The van der Waals surface area contributed by atoms with Gasteiger partial charge in [0.05, 0.1) is 0 Å². The third-order valence-electron chi connectivity index (χ3n) is 11.9. The minimum atomic E-state index is -1.24. The van der Waals surface area contributed by atoms with E-state index in [1.807, 2.05) is 0 Å². The molecule has 0 aromatic heterocycles. The van der Waals surface area contributed by atoms with Crippen molar-refractivity contribution in [2.75, 3.05) is 0 Å². The molecular formula is C30H60Cl2Si2Zr. The first-order valence-corrected chi connectivity index (χ1v) is 28.0. The molecule has 206 valence electrons. The zero-order valence-electron chi connectivity index (χ0n) is 24.9. The van der Waals surface area contributed by atoms with Gasteiger partial charge in [-0.05, 0) is 71.8 Å². The number of hydrogen-bond donors (Lipinski definition) is 0. The van der Waals surface area contributed by atoms with Crippen LogP contribution >= 0.6 is 17.0 Å². The average Bonchev–Trinajstić information content (AvgIpc) is 3.36. The quantitative estimate of drug-likeness (QED) is 0.201. The van der Waals surface area contributed by atoms with E-state index >= 15 is 0 Å². The van der Waals surface area contributed by atoms with Crippen LogP contribution in [0.25, 0.3) is 0 Å². The van der Waals surface area contributed by atoms with Crippen LogP contribution in [0.5, 0.6) is 0 Å². The van der Waals surface area contributed by atoms with Crippen LogP contribution in [0, 0.1) is 56.3 Å². The van der Waals surface area contributed by atoms with Gasteiger partial charge < -0.3 is 14.9 Å². The Morgan fingerprint density at radius 1 is 0.686 bits per heavy atom. The predicted octanol–water partition coefficient (Wildman–Crippen LogP) is 11.6. The Morgan fingerprint density at radius 2 is 1.17 bits per heavy atom. The number of rotatable bonds is 6. The van der Waals surface area contributed by atoms with Gasteiger partial charge in [-0.1, -0.05) is 105 Å². The predicted molar refractivity (Wildman–Crippen MR) is 164 cm³/mol. The van der Waals surface area contributed by atoms with Gasteiger partial charge in [0.2, 0.25) is 0 Å². The van der Waals surface area contributed by atoms with Crippen LogP contribution < -0.4 is 0 Å². The molecular weight excluding hydrogens is 579 g/mol. The van der Waals surface area contributed by atoms with E-state index in [2.05, 4.69) is 47.0 Å². The summed E-state index contributed by atoms with van der Waals surface area (Å²) in [6.45, 7) is 19.3. The Morgan fingerprint density at radius 3 is 1.74 bits per heavy atom. The summed E-state index contributed by atoms with van der Waals surface area (Å²) < 4.78 is 0. The molecule has 4 aliphatic rings. The molecule has 5 heteroatoms. The summed E-state index contributed by atoms with van der Waals surface area (Å²) >= 11 is -0.826. The first-order valence-electron chi connectivity index (χ1n) is 14.5. The van der Waals surface area contributed by atoms with Gasteiger partial charge in [0.15, 0.2) is 0 Å². The first kappa shape index (κ1) is 34.9. The van der Waals surface area contributed by atoms with Gasteiger partial charge in [-0.3, -0.25) is 0 Å². The zero-order chi connectivity index (χ0) is 24.4. The normalized spacial score (nSPS) is 35.4. The maximum atomic E-state index is 4.93. The molecule has 35 heavy (non-hydrogen) atoms. The minimum absolute atomic E-state index is 0. The maximum absolute atomic E-state index is 4.93. The van der Waals surface area contributed by atoms with Crippen LogP contribution in [0.2, 0.25) is 37.3 Å². The number of halogens is 2. The van der Waals surface area contributed by atoms with Gasteiger partial charge >= 0.3 is 37.9 Å². The molecule has 4 aliphatic carbocycles. The van der Waals surface area contributed by atoms with Gasteiger partial charge in [-0.2, -0.15) is 0 Å². The molecule has 0 heterocycles. The number of fused-ring (bicyclic) bond motifs is 2. The molecule has 4 rings (SSSR count). The van der Waals surface area contributed by atoms with Crippen LogP contribution in [-0.4, -0.2) is 15.2 Å². The van der Waals surface area contributed by atoms with Gasteiger partial charge in [0.25, 0.3) is 0 Å². The Hall–Kier alpha value is 1.90. The molecule has 0 amide bonds. The van der Waals surface area contributed by atoms with Gasteiger partial charge in [0, 0.05) is 15.2 Å². The van der Waals surface area contributed by atoms with E-state index in [9.17, 15) is 0 Å². The third-order valence-corrected chi connectivity index (χ3v) is 32.5. The topological polar surface area (TPSA) is 0 Å². The first-order chi connectivity index (χ1) is 15.6. The molecule has 0 aromatic rings. The fourth-order valence-corrected chi connectivity index (χ4v) is 24.3. The van der Waals surface area contributed by atoms with Crippen molar-refractivity contribution in [2.24, 2.45) is 41.4 Å². The van der Waals surface area contributed by atoms with Crippen molar-refractivity contribution >= 4 is 32.2 Å². The van der Waals surface area contributed by atoms with Crippen LogP contribution in [0.1, 0.15) is 97.8 Å². The molecule has 4 saturated carbocycles. The molecule has 0 spiro atoms. The standard InChI is InChI=1S/C28H54Si2.2CH3.2ClH.Zr/c1-20(2)18-21(3)26-19-28(25-15-11-10-14-24(25)26)30(6,7)29(4,5)27-17-16-22-12-8-9-13-23(22)27;;;;;/h20-28H,8-19H2,1-7H3;2*1H3;2*1H;/q;2*-1;;;+4/p-2. The van der Waals surface area contributed by atoms with Crippen molar-refractivity contribution in [1.82, 2.24) is 0 Å². The monoisotopic (exact) mass is 636 g/mol. The van der Waals surface area contributed by atoms with E-state index in [0.717, 1.165) is 47.0 Å². The van der Waals surface area contributed by atoms with E-state index in [-0.39, 0.29) is 14.9 Å². The van der Waals surface area contributed by atoms with Crippen molar-refractivity contribution in [2.45, 2.75) is 135 Å². The Balaban J connectivity index is 0.00000117. The second-order valence-corrected chi connectivity index (χ2v) is 34.0. The van der Waals surface area contributed by atoms with E-state index in [0.29, 0.717) is 0 Å². The van der Waals surface area contributed by atoms with E-state index in [4.69, 9.17) is 17.0 Å². The van der Waals surface area contributed by atoms with Crippen LogP contribution in [0.4, 0.5) is 0 Å². The second kappa shape index (κ2) is 15.0. The molecule has 0 radical (unpaired) electrons. The molecule has 0 bridgehead atoms. The zero-order valence-corrected chi connectivity index (χ0v) is 30.9. The molecule has 0 N–H and O–H groups in total. The number of hydrogen-bond acceptors (Lipinski definition) is 0. The van der Waals surface area contributed by atoms with Crippen LogP contribution in [-0.2, 0) is 20.8 Å². The average molecular weight is 639 g/mol. The van der Waals surface area contributed by atoms with Crippen molar-refractivity contribution in [3.05, 3.63) is 14.9 Å². The van der Waals surface area contributed by atoms with E-state index in [1.54, 1.807) is 64.2 Å². The Bertz CT molecular complexity index is 611. The SMILES string of the molecule is CC(C)CC(C)C1CC([Si](C)(C)[Si](C)(C)C2CCC3CCCCC32)C2CCCCC12.[CH3-].[CH3-].[Cl][Zr+2][Cl]. The van der Waals surface area contributed by atoms with Crippen molar-refractivity contribution in [3.8, 4) is 0 Å². The molecule has 8 atom stereocenters. The summed E-state index contributed by atoms with van der Waals surface area (Å²) in [5.74, 6) is 7.39. The van der Waals surface area contributed by atoms with Crippen molar-refractivity contribution in [1.29, 1.82) is 0 Å². The van der Waals surface area contributed by atoms with Gasteiger partial charge in [0.1, 0.15) is 0 Å². The fourth-order valence-electron chi connectivity index (χ4n) is 9.85. The molecule has 4 fully saturated rings. The summed E-state index contributed by atoms with van der Waals surface area (Å²) in [6, 6.07) is 0. The summed E-state index contributed by atoms with van der Waals surface area (Å²) in [5.41, 5.74) is 2.34. The van der Waals surface area contributed by atoms with E-state index in [1.165, 1.54) is 18.4 Å². The van der Waals surface area contributed by atoms with Crippen molar-refractivity contribution < 1.29 is 20.8 Å². The molecule has 0 saturated heterocycles.